The van der Waals surface area contributed by atoms with Crippen molar-refractivity contribution in [1.82, 2.24) is 0 Å². The molecule has 11 heavy (non-hydrogen) atoms. The topological polar surface area (TPSA) is 63.6 Å². The smallest absolute Gasteiger partial charge is 0.305 e. The maximum absolute atomic E-state index is 10.2. The van der Waals surface area contributed by atoms with Gasteiger partial charge in [-0.15, -0.1) is 0 Å². The van der Waals surface area contributed by atoms with E-state index < -0.39 is 16.6 Å². The number of hydrogen-bond acceptors (Lipinski definition) is 3. The second-order valence-electron chi connectivity index (χ2n) is 3.24. The standard InChI is InChI=1S/C5H13NO4S/c1-5(6(2,3)4)10-11(7,8)9/h5H,1-4H3/p+1. The Morgan fingerprint density at radius 1 is 1.36 bits per heavy atom. The van der Waals surface area contributed by atoms with Crippen LogP contribution in [0.25, 0.3) is 0 Å². The number of quaternary nitrogens is 1. The molecular weight excluding hydrogens is 170 g/mol. The molecule has 0 saturated heterocycles. The summed E-state index contributed by atoms with van der Waals surface area (Å²) >= 11 is 0. The zero-order chi connectivity index (χ0) is 9.28. The predicted molar refractivity (Wildman–Crippen MR) is 40.1 cm³/mol. The Morgan fingerprint density at radius 3 is 1.82 bits per heavy atom. The summed E-state index contributed by atoms with van der Waals surface area (Å²) in [5, 5.41) is 0. The summed E-state index contributed by atoms with van der Waals surface area (Å²) in [5.74, 6) is 0. The van der Waals surface area contributed by atoms with E-state index in [4.69, 9.17) is 4.55 Å². The van der Waals surface area contributed by atoms with Gasteiger partial charge < -0.3 is 4.48 Å². The molecule has 0 aliphatic rings. The number of hydrogen-bond donors (Lipinski definition) is 1. The Balaban J connectivity index is 4.21. The lowest BCUT2D eigenvalue weighted by molar-refractivity contribution is -0.912. The lowest BCUT2D eigenvalue weighted by Crippen LogP contribution is -2.45. The van der Waals surface area contributed by atoms with Crippen LogP contribution in [0.15, 0.2) is 0 Å². The first-order valence-corrected chi connectivity index (χ1v) is 4.46. The second kappa shape index (κ2) is 3.06. The first-order chi connectivity index (χ1) is 4.63. The summed E-state index contributed by atoms with van der Waals surface area (Å²) in [6, 6.07) is 0. The van der Waals surface area contributed by atoms with Crippen LogP contribution < -0.4 is 0 Å². The van der Waals surface area contributed by atoms with Crippen molar-refractivity contribution in [3.8, 4) is 0 Å². The van der Waals surface area contributed by atoms with E-state index in [0.717, 1.165) is 0 Å². The van der Waals surface area contributed by atoms with Crippen LogP contribution in [0.2, 0.25) is 0 Å². The SMILES string of the molecule is CC(OS(=O)(=O)O)[N+](C)(C)C. The zero-order valence-electron chi connectivity index (χ0n) is 7.10. The summed E-state index contributed by atoms with van der Waals surface area (Å²) in [7, 11) is 0.957. The monoisotopic (exact) mass is 184 g/mol. The van der Waals surface area contributed by atoms with E-state index in [0.29, 0.717) is 4.48 Å². The maximum atomic E-state index is 10.2. The van der Waals surface area contributed by atoms with Crippen LogP contribution in [0.5, 0.6) is 0 Å². The van der Waals surface area contributed by atoms with E-state index in [1.54, 1.807) is 28.1 Å². The van der Waals surface area contributed by atoms with Crippen molar-refractivity contribution < 1.29 is 21.6 Å². The van der Waals surface area contributed by atoms with Crippen molar-refractivity contribution in [2.45, 2.75) is 13.2 Å². The molecule has 1 unspecified atom stereocenters. The Kier molecular flexibility index (Phi) is 3.01. The molecule has 1 N–H and O–H groups in total. The van der Waals surface area contributed by atoms with Crippen LogP contribution in [-0.2, 0) is 14.6 Å². The third-order valence-electron chi connectivity index (χ3n) is 1.35. The van der Waals surface area contributed by atoms with Crippen molar-refractivity contribution in [2.75, 3.05) is 21.1 Å². The average molecular weight is 184 g/mol. The fourth-order valence-electron chi connectivity index (χ4n) is 0.305. The van der Waals surface area contributed by atoms with Crippen molar-refractivity contribution >= 4 is 10.4 Å². The molecule has 0 spiro atoms. The van der Waals surface area contributed by atoms with E-state index in [1.807, 2.05) is 0 Å². The van der Waals surface area contributed by atoms with Crippen LogP contribution in [-0.4, -0.2) is 44.8 Å². The van der Waals surface area contributed by atoms with Crippen LogP contribution in [0.3, 0.4) is 0 Å². The molecule has 0 bridgehead atoms. The first-order valence-electron chi connectivity index (χ1n) is 3.10. The van der Waals surface area contributed by atoms with Gasteiger partial charge >= 0.3 is 10.4 Å². The van der Waals surface area contributed by atoms with Gasteiger partial charge in [0.2, 0.25) is 6.23 Å². The molecule has 0 amide bonds. The van der Waals surface area contributed by atoms with Gasteiger partial charge in [0.15, 0.2) is 0 Å². The molecule has 0 aromatic rings. The highest BCUT2D eigenvalue weighted by Crippen LogP contribution is 2.05. The van der Waals surface area contributed by atoms with Gasteiger partial charge in [-0.1, -0.05) is 0 Å². The summed E-state index contributed by atoms with van der Waals surface area (Å²) < 4.78 is 33.3. The summed E-state index contributed by atoms with van der Waals surface area (Å²) in [6.07, 6.45) is -0.593. The first kappa shape index (κ1) is 10.8. The summed E-state index contributed by atoms with van der Waals surface area (Å²) in [5.41, 5.74) is 0. The van der Waals surface area contributed by atoms with E-state index in [2.05, 4.69) is 4.18 Å². The van der Waals surface area contributed by atoms with Crippen LogP contribution in [0, 0.1) is 0 Å². The van der Waals surface area contributed by atoms with Crippen molar-refractivity contribution in [3.63, 3.8) is 0 Å². The minimum Gasteiger partial charge on any atom is -0.305 e. The predicted octanol–water partition coefficient (Wildman–Crippen LogP) is -0.142. The van der Waals surface area contributed by atoms with Gasteiger partial charge in [0.25, 0.3) is 0 Å². The van der Waals surface area contributed by atoms with E-state index in [1.165, 1.54) is 0 Å². The van der Waals surface area contributed by atoms with Gasteiger partial charge in [-0.3, -0.25) is 4.55 Å². The maximum Gasteiger partial charge on any atom is 0.402 e. The van der Waals surface area contributed by atoms with Gasteiger partial charge in [0.05, 0.1) is 21.1 Å². The lowest BCUT2D eigenvalue weighted by Gasteiger charge is -2.29. The Bertz CT molecular complexity index is 215. The van der Waals surface area contributed by atoms with Gasteiger partial charge in [0, 0.05) is 6.92 Å². The molecule has 5 nitrogen and oxygen atoms in total. The Morgan fingerprint density at radius 2 is 1.73 bits per heavy atom. The lowest BCUT2D eigenvalue weighted by atomic mass is 10.5. The van der Waals surface area contributed by atoms with Gasteiger partial charge in [-0.25, -0.2) is 0 Å². The minimum absolute atomic E-state index is 0.305. The molecule has 0 aromatic heterocycles. The molecule has 0 fully saturated rings. The minimum atomic E-state index is -4.32. The second-order valence-corrected chi connectivity index (χ2v) is 4.29. The third kappa shape index (κ3) is 5.14. The molecule has 0 heterocycles. The third-order valence-corrected chi connectivity index (χ3v) is 1.87. The number of rotatable bonds is 3. The van der Waals surface area contributed by atoms with E-state index >= 15 is 0 Å². The summed E-state index contributed by atoms with van der Waals surface area (Å²) in [4.78, 5) is 0. The largest absolute Gasteiger partial charge is 0.402 e. The van der Waals surface area contributed by atoms with Crippen LogP contribution in [0.1, 0.15) is 6.92 Å². The fourth-order valence-corrected chi connectivity index (χ4v) is 0.915. The Labute approximate surface area is 67.1 Å². The molecule has 6 heteroatoms. The van der Waals surface area contributed by atoms with Crippen molar-refractivity contribution in [2.24, 2.45) is 0 Å². The molecule has 1 atom stereocenters. The fraction of sp³-hybridized carbons (Fsp3) is 1.00. The summed E-state index contributed by atoms with van der Waals surface area (Å²) in [6.45, 7) is 1.56. The molecular formula is C5H14NO4S+. The van der Waals surface area contributed by atoms with Gasteiger partial charge in [0.1, 0.15) is 0 Å². The van der Waals surface area contributed by atoms with E-state index in [9.17, 15) is 8.42 Å². The molecule has 0 rings (SSSR count). The highest BCUT2D eigenvalue weighted by molar-refractivity contribution is 7.80. The molecule has 0 aliphatic heterocycles. The molecule has 0 saturated carbocycles. The van der Waals surface area contributed by atoms with Crippen LogP contribution in [0.4, 0.5) is 0 Å². The highest BCUT2D eigenvalue weighted by atomic mass is 32.3. The zero-order valence-corrected chi connectivity index (χ0v) is 7.92. The van der Waals surface area contributed by atoms with Gasteiger partial charge in [-0.05, 0) is 0 Å². The van der Waals surface area contributed by atoms with Gasteiger partial charge in [-0.2, -0.15) is 12.6 Å². The van der Waals surface area contributed by atoms with Crippen LogP contribution >= 0.6 is 0 Å². The molecule has 68 valence electrons. The molecule has 0 radical (unpaired) electrons. The quantitative estimate of drug-likeness (QED) is 0.376. The Hall–Kier alpha value is -0.170. The molecule has 0 aliphatic carbocycles. The van der Waals surface area contributed by atoms with E-state index in [-0.39, 0.29) is 0 Å². The average Bonchev–Trinajstić information content (AvgIpc) is 1.56. The molecule has 0 aromatic carbocycles. The van der Waals surface area contributed by atoms with Crippen molar-refractivity contribution in [1.29, 1.82) is 0 Å². The van der Waals surface area contributed by atoms with Crippen molar-refractivity contribution in [3.05, 3.63) is 0 Å². The highest BCUT2D eigenvalue weighted by Gasteiger charge is 2.24. The number of nitrogens with zero attached hydrogens (tertiary/aromatic N) is 1. The normalized spacial score (nSPS) is 16.5.